The number of hydrogen-bond acceptors (Lipinski definition) is 3. The number of halogens is 1. The number of amides is 1. The van der Waals surface area contributed by atoms with E-state index in [0.29, 0.717) is 25.8 Å². The van der Waals surface area contributed by atoms with E-state index in [-0.39, 0.29) is 17.8 Å². The molecule has 1 aromatic carbocycles. The van der Waals surface area contributed by atoms with Crippen LogP contribution >= 0.6 is 0 Å². The molecule has 3 N–H and O–H groups in total. The molecule has 1 aliphatic heterocycles. The molecule has 0 aromatic heterocycles. The third-order valence-corrected chi connectivity index (χ3v) is 3.57. The highest BCUT2D eigenvalue weighted by atomic mass is 19.1. The summed E-state index contributed by atoms with van der Waals surface area (Å²) in [6.07, 6.45) is 2.09. The summed E-state index contributed by atoms with van der Waals surface area (Å²) in [5, 5.41) is 15.8. The minimum Gasteiger partial charge on any atom is -0.391 e. The quantitative estimate of drug-likeness (QED) is 0.754. The van der Waals surface area contributed by atoms with Crippen LogP contribution < -0.4 is 10.6 Å². The molecule has 0 saturated carbocycles. The number of aliphatic hydroxyl groups excluding tert-OH is 1. The van der Waals surface area contributed by atoms with Crippen LogP contribution in [0.15, 0.2) is 24.3 Å². The molecule has 1 heterocycles. The molecule has 1 aromatic rings. The molecule has 1 fully saturated rings. The van der Waals surface area contributed by atoms with E-state index < -0.39 is 6.10 Å². The summed E-state index contributed by atoms with van der Waals surface area (Å²) in [7, 11) is 0. The zero-order chi connectivity index (χ0) is 14.4. The summed E-state index contributed by atoms with van der Waals surface area (Å²) in [6, 6.07) is 6.14. The number of rotatable bonds is 5. The van der Waals surface area contributed by atoms with Gasteiger partial charge in [0.15, 0.2) is 0 Å². The summed E-state index contributed by atoms with van der Waals surface area (Å²) < 4.78 is 12.7. The number of aryl methyl sites for hydroxylation is 1. The first-order valence-corrected chi connectivity index (χ1v) is 7.08. The number of nitrogens with one attached hydrogen (secondary N) is 2. The van der Waals surface area contributed by atoms with Gasteiger partial charge in [-0.2, -0.15) is 0 Å². The summed E-state index contributed by atoms with van der Waals surface area (Å²) >= 11 is 0. The molecule has 2 rings (SSSR count). The second-order valence-corrected chi connectivity index (χ2v) is 5.21. The van der Waals surface area contributed by atoms with Crippen LogP contribution in [0.4, 0.5) is 4.39 Å². The smallest absolute Gasteiger partial charge is 0.220 e. The predicted octanol–water partition coefficient (Wildman–Crippen LogP) is 0.987. The summed E-state index contributed by atoms with van der Waals surface area (Å²) in [6.45, 7) is 1.41. The van der Waals surface area contributed by atoms with Gasteiger partial charge >= 0.3 is 0 Å². The van der Waals surface area contributed by atoms with Crippen molar-refractivity contribution in [2.24, 2.45) is 0 Å². The zero-order valence-corrected chi connectivity index (χ0v) is 11.4. The fourth-order valence-electron chi connectivity index (χ4n) is 2.38. The highest BCUT2D eigenvalue weighted by Crippen LogP contribution is 2.08. The second-order valence-electron chi connectivity index (χ2n) is 5.21. The number of benzene rings is 1. The number of carbonyl (C=O) groups excluding carboxylic acids is 1. The van der Waals surface area contributed by atoms with E-state index in [2.05, 4.69) is 10.6 Å². The van der Waals surface area contributed by atoms with Crippen molar-refractivity contribution in [1.82, 2.24) is 10.6 Å². The molecule has 1 aliphatic rings. The van der Waals surface area contributed by atoms with E-state index >= 15 is 0 Å². The normalized spacial score (nSPS) is 22.5. The molecular weight excluding hydrogens is 259 g/mol. The Morgan fingerprint density at radius 1 is 1.40 bits per heavy atom. The Morgan fingerprint density at radius 3 is 2.85 bits per heavy atom. The lowest BCUT2D eigenvalue weighted by Gasteiger charge is -2.29. The van der Waals surface area contributed by atoms with Gasteiger partial charge in [0.1, 0.15) is 5.82 Å². The Morgan fingerprint density at radius 2 is 2.15 bits per heavy atom. The standard InChI is InChI=1S/C15H21FN2O2/c16-12-6-4-11(5-7-12)2-1-3-15(20)18-13-10-17-9-8-14(13)19/h4-7,13-14,17,19H,1-3,8-10H2,(H,18,20)/t13-,14+/m0/s1. The maximum absolute atomic E-state index is 12.7. The first-order valence-electron chi connectivity index (χ1n) is 7.08. The molecule has 0 radical (unpaired) electrons. The number of piperidine rings is 1. The zero-order valence-electron chi connectivity index (χ0n) is 11.4. The minimum absolute atomic E-state index is 0.0418. The largest absolute Gasteiger partial charge is 0.391 e. The number of aliphatic hydroxyl groups is 1. The Balaban J connectivity index is 1.68. The van der Waals surface area contributed by atoms with Crippen molar-refractivity contribution in [3.63, 3.8) is 0 Å². The Labute approximate surface area is 118 Å². The lowest BCUT2D eigenvalue weighted by Crippen LogP contribution is -2.53. The average Bonchev–Trinajstić information content (AvgIpc) is 2.44. The van der Waals surface area contributed by atoms with E-state index in [1.54, 1.807) is 12.1 Å². The fraction of sp³-hybridized carbons (Fsp3) is 0.533. The third-order valence-electron chi connectivity index (χ3n) is 3.57. The van der Waals surface area contributed by atoms with Crippen LogP contribution in [-0.2, 0) is 11.2 Å². The molecule has 0 spiro atoms. The first-order chi connectivity index (χ1) is 9.65. The lowest BCUT2D eigenvalue weighted by molar-refractivity contribution is -0.122. The summed E-state index contributed by atoms with van der Waals surface area (Å²) in [5.74, 6) is -0.287. The maximum atomic E-state index is 12.7. The van der Waals surface area contributed by atoms with Gasteiger partial charge in [-0.1, -0.05) is 12.1 Å². The molecule has 0 unspecified atom stereocenters. The van der Waals surface area contributed by atoms with Gasteiger partial charge in [0.05, 0.1) is 12.1 Å². The highest BCUT2D eigenvalue weighted by molar-refractivity contribution is 5.76. The Bertz CT molecular complexity index is 436. The SMILES string of the molecule is O=C(CCCc1ccc(F)cc1)N[C@H]1CNCC[C@H]1O. The molecule has 5 heteroatoms. The van der Waals surface area contributed by atoms with Crippen LogP contribution in [0.25, 0.3) is 0 Å². The van der Waals surface area contributed by atoms with Crippen molar-refractivity contribution >= 4 is 5.91 Å². The van der Waals surface area contributed by atoms with Gasteiger partial charge in [0.2, 0.25) is 5.91 Å². The molecule has 4 nitrogen and oxygen atoms in total. The van der Waals surface area contributed by atoms with Gasteiger partial charge in [-0.05, 0) is 43.5 Å². The van der Waals surface area contributed by atoms with E-state index in [9.17, 15) is 14.3 Å². The van der Waals surface area contributed by atoms with Crippen molar-refractivity contribution in [1.29, 1.82) is 0 Å². The van der Waals surface area contributed by atoms with Gasteiger partial charge in [0.25, 0.3) is 0 Å². The van der Waals surface area contributed by atoms with Gasteiger partial charge in [-0.25, -0.2) is 4.39 Å². The predicted molar refractivity (Wildman–Crippen MR) is 74.8 cm³/mol. The maximum Gasteiger partial charge on any atom is 0.220 e. The number of hydrogen-bond donors (Lipinski definition) is 3. The molecular formula is C15H21FN2O2. The van der Waals surface area contributed by atoms with Gasteiger partial charge in [-0.3, -0.25) is 4.79 Å². The highest BCUT2D eigenvalue weighted by Gasteiger charge is 2.23. The van der Waals surface area contributed by atoms with Crippen LogP contribution in [0.1, 0.15) is 24.8 Å². The van der Waals surface area contributed by atoms with Crippen LogP contribution in [0.3, 0.4) is 0 Å². The molecule has 2 atom stereocenters. The monoisotopic (exact) mass is 280 g/mol. The van der Waals surface area contributed by atoms with Crippen molar-refractivity contribution < 1.29 is 14.3 Å². The molecule has 0 aliphatic carbocycles. The fourth-order valence-corrected chi connectivity index (χ4v) is 2.38. The van der Waals surface area contributed by atoms with Gasteiger partial charge < -0.3 is 15.7 Å². The lowest BCUT2D eigenvalue weighted by atomic mass is 10.0. The third kappa shape index (κ3) is 4.58. The molecule has 1 amide bonds. The van der Waals surface area contributed by atoms with Gasteiger partial charge in [0, 0.05) is 13.0 Å². The summed E-state index contributed by atoms with van der Waals surface area (Å²) in [4.78, 5) is 11.8. The van der Waals surface area contributed by atoms with Crippen LogP contribution in [-0.4, -0.2) is 36.2 Å². The Kier molecular flexibility index (Phi) is 5.49. The molecule has 1 saturated heterocycles. The molecule has 110 valence electrons. The second kappa shape index (κ2) is 7.36. The van der Waals surface area contributed by atoms with E-state index in [1.165, 1.54) is 12.1 Å². The van der Waals surface area contributed by atoms with Crippen LogP contribution in [0, 0.1) is 5.82 Å². The molecule has 20 heavy (non-hydrogen) atoms. The van der Waals surface area contributed by atoms with E-state index in [0.717, 1.165) is 18.5 Å². The minimum atomic E-state index is -0.461. The van der Waals surface area contributed by atoms with E-state index in [4.69, 9.17) is 0 Å². The van der Waals surface area contributed by atoms with Crippen molar-refractivity contribution in [3.05, 3.63) is 35.6 Å². The average molecular weight is 280 g/mol. The first kappa shape index (κ1) is 14.9. The van der Waals surface area contributed by atoms with Crippen molar-refractivity contribution in [2.45, 2.75) is 37.8 Å². The van der Waals surface area contributed by atoms with Crippen molar-refractivity contribution in [2.75, 3.05) is 13.1 Å². The Hall–Kier alpha value is -1.46. The van der Waals surface area contributed by atoms with Crippen LogP contribution in [0.5, 0.6) is 0 Å². The molecule has 0 bridgehead atoms. The van der Waals surface area contributed by atoms with E-state index in [1.807, 2.05) is 0 Å². The topological polar surface area (TPSA) is 61.4 Å². The van der Waals surface area contributed by atoms with Crippen LogP contribution in [0.2, 0.25) is 0 Å². The summed E-state index contributed by atoms with van der Waals surface area (Å²) in [5.41, 5.74) is 1.03. The number of carbonyl (C=O) groups is 1. The van der Waals surface area contributed by atoms with Gasteiger partial charge in [-0.15, -0.1) is 0 Å². The van der Waals surface area contributed by atoms with Crippen molar-refractivity contribution in [3.8, 4) is 0 Å².